The average Bonchev–Trinajstić information content (AvgIpc) is 1.83. The van der Waals surface area contributed by atoms with E-state index in [0.29, 0.717) is 0 Å². The standard InChI is InChI=1S/C9H18OSi/c1-7-8(10)11(5,6)9(2,3)4/h1,8,10H,2-6H3/t8-/m0/s1. The van der Waals surface area contributed by atoms with Crippen molar-refractivity contribution in [1.82, 2.24) is 0 Å². The lowest BCUT2D eigenvalue weighted by Gasteiger charge is -2.38. The van der Waals surface area contributed by atoms with Gasteiger partial charge in [-0.05, 0) is 5.04 Å². The van der Waals surface area contributed by atoms with E-state index in [1.54, 1.807) is 0 Å². The van der Waals surface area contributed by atoms with Gasteiger partial charge in [0.1, 0.15) is 13.8 Å². The number of aliphatic hydroxyl groups is 1. The Labute approximate surface area is 70.8 Å². The highest BCUT2D eigenvalue weighted by Crippen LogP contribution is 2.37. The fourth-order valence-corrected chi connectivity index (χ4v) is 1.86. The van der Waals surface area contributed by atoms with Crippen molar-refractivity contribution in [1.29, 1.82) is 0 Å². The molecule has 0 aliphatic rings. The van der Waals surface area contributed by atoms with Crippen molar-refractivity contribution in [3.8, 4) is 12.3 Å². The Morgan fingerprint density at radius 2 is 1.73 bits per heavy atom. The van der Waals surface area contributed by atoms with Gasteiger partial charge in [0.05, 0.1) is 0 Å². The van der Waals surface area contributed by atoms with Gasteiger partial charge >= 0.3 is 0 Å². The summed E-state index contributed by atoms with van der Waals surface area (Å²) >= 11 is 0. The van der Waals surface area contributed by atoms with E-state index in [9.17, 15) is 5.11 Å². The van der Waals surface area contributed by atoms with Gasteiger partial charge in [0, 0.05) is 0 Å². The molecule has 0 aromatic carbocycles. The van der Waals surface area contributed by atoms with Crippen LogP contribution in [-0.2, 0) is 0 Å². The summed E-state index contributed by atoms with van der Waals surface area (Å²) in [5.74, 6) is 2.43. The Bertz CT molecular complexity index is 171. The topological polar surface area (TPSA) is 20.2 Å². The van der Waals surface area contributed by atoms with Crippen molar-refractivity contribution in [2.45, 2.75) is 44.6 Å². The summed E-state index contributed by atoms with van der Waals surface area (Å²) in [4.78, 5) is 0. The molecule has 0 radical (unpaired) electrons. The van der Waals surface area contributed by atoms with Crippen LogP contribution in [0.25, 0.3) is 0 Å². The van der Waals surface area contributed by atoms with E-state index in [0.717, 1.165) is 0 Å². The van der Waals surface area contributed by atoms with Crippen LogP contribution >= 0.6 is 0 Å². The first-order valence-corrected chi connectivity index (χ1v) is 6.95. The van der Waals surface area contributed by atoms with Gasteiger partial charge in [0.2, 0.25) is 0 Å². The maximum atomic E-state index is 9.55. The highest BCUT2D eigenvalue weighted by atomic mass is 28.3. The Morgan fingerprint density at radius 1 is 1.36 bits per heavy atom. The van der Waals surface area contributed by atoms with Gasteiger partial charge in [-0.15, -0.1) is 6.42 Å². The van der Waals surface area contributed by atoms with E-state index < -0.39 is 13.8 Å². The summed E-state index contributed by atoms with van der Waals surface area (Å²) in [5.41, 5.74) is -0.525. The van der Waals surface area contributed by atoms with Crippen LogP contribution in [0.2, 0.25) is 18.1 Å². The van der Waals surface area contributed by atoms with Crippen LogP contribution in [0.15, 0.2) is 0 Å². The molecular formula is C9H18OSi. The van der Waals surface area contributed by atoms with Gasteiger partial charge in [0.15, 0.2) is 0 Å². The molecule has 0 aromatic rings. The molecule has 1 atom stereocenters. The van der Waals surface area contributed by atoms with E-state index in [4.69, 9.17) is 6.42 Å². The Morgan fingerprint density at radius 3 is 1.82 bits per heavy atom. The number of terminal acetylenes is 1. The molecule has 0 bridgehead atoms. The third-order valence-electron chi connectivity index (χ3n) is 2.77. The molecule has 0 aliphatic carbocycles. The third kappa shape index (κ3) is 2.08. The Hall–Kier alpha value is -0.263. The zero-order chi connectivity index (χ0) is 9.28. The molecule has 0 saturated heterocycles. The van der Waals surface area contributed by atoms with E-state index in [1.165, 1.54) is 0 Å². The molecule has 0 rings (SSSR count). The fraction of sp³-hybridized carbons (Fsp3) is 0.778. The zero-order valence-corrected chi connectivity index (χ0v) is 9.10. The molecule has 0 fully saturated rings. The van der Waals surface area contributed by atoms with Crippen molar-refractivity contribution >= 4 is 8.07 Å². The van der Waals surface area contributed by atoms with Crippen LogP contribution < -0.4 is 0 Å². The zero-order valence-electron chi connectivity index (χ0n) is 8.10. The van der Waals surface area contributed by atoms with Crippen LogP contribution in [0.3, 0.4) is 0 Å². The van der Waals surface area contributed by atoms with E-state index in [1.807, 2.05) is 0 Å². The molecule has 0 aromatic heterocycles. The molecule has 2 heteroatoms. The van der Waals surface area contributed by atoms with Crippen LogP contribution in [0.5, 0.6) is 0 Å². The predicted octanol–water partition coefficient (Wildman–Crippen LogP) is 2.03. The minimum atomic E-state index is -1.69. The van der Waals surface area contributed by atoms with Crippen molar-refractivity contribution in [2.75, 3.05) is 0 Å². The summed E-state index contributed by atoms with van der Waals surface area (Å²) in [6, 6.07) is 0. The minimum absolute atomic E-state index is 0.165. The summed E-state index contributed by atoms with van der Waals surface area (Å²) in [7, 11) is -1.69. The largest absolute Gasteiger partial charge is 0.384 e. The first-order chi connectivity index (χ1) is 4.73. The molecule has 11 heavy (non-hydrogen) atoms. The van der Waals surface area contributed by atoms with Crippen LogP contribution in [0, 0.1) is 12.3 Å². The Kier molecular flexibility index (Phi) is 2.93. The molecule has 0 amide bonds. The summed E-state index contributed by atoms with van der Waals surface area (Å²) in [6.45, 7) is 10.7. The van der Waals surface area contributed by atoms with Gasteiger partial charge in [-0.25, -0.2) is 0 Å². The normalized spacial score (nSPS) is 15.7. The maximum Gasteiger partial charge on any atom is 0.102 e. The first-order valence-electron chi connectivity index (χ1n) is 3.87. The van der Waals surface area contributed by atoms with E-state index >= 15 is 0 Å². The maximum absolute atomic E-state index is 9.55. The number of hydrogen-bond donors (Lipinski definition) is 1. The second kappa shape index (κ2) is 3.00. The molecule has 0 heterocycles. The molecule has 0 aliphatic heterocycles. The average molecular weight is 170 g/mol. The first kappa shape index (κ1) is 10.7. The molecule has 1 N–H and O–H groups in total. The number of aliphatic hydroxyl groups excluding tert-OH is 1. The van der Waals surface area contributed by atoms with Crippen LogP contribution in [0.4, 0.5) is 0 Å². The highest BCUT2D eigenvalue weighted by Gasteiger charge is 2.40. The van der Waals surface area contributed by atoms with Gasteiger partial charge in [-0.2, -0.15) is 0 Å². The van der Waals surface area contributed by atoms with Crippen molar-refractivity contribution < 1.29 is 5.11 Å². The fourth-order valence-electron chi connectivity index (χ4n) is 0.618. The monoisotopic (exact) mass is 170 g/mol. The molecule has 0 saturated carbocycles. The van der Waals surface area contributed by atoms with E-state index in [-0.39, 0.29) is 5.04 Å². The number of hydrogen-bond acceptors (Lipinski definition) is 1. The minimum Gasteiger partial charge on any atom is -0.384 e. The van der Waals surface area contributed by atoms with Gasteiger partial charge < -0.3 is 5.11 Å². The quantitative estimate of drug-likeness (QED) is 0.471. The molecular weight excluding hydrogens is 152 g/mol. The lowest BCUT2D eigenvalue weighted by atomic mass is 10.2. The third-order valence-corrected chi connectivity index (χ3v) is 8.17. The summed E-state index contributed by atoms with van der Waals surface area (Å²) in [6.07, 6.45) is 5.19. The second-order valence-corrected chi connectivity index (χ2v) is 10.0. The van der Waals surface area contributed by atoms with Gasteiger partial charge in [-0.1, -0.05) is 39.8 Å². The number of rotatable bonds is 1. The smallest absolute Gasteiger partial charge is 0.102 e. The lowest BCUT2D eigenvalue weighted by Crippen LogP contribution is -2.48. The van der Waals surface area contributed by atoms with E-state index in [2.05, 4.69) is 39.8 Å². The second-order valence-electron chi connectivity index (χ2n) is 4.54. The van der Waals surface area contributed by atoms with Crippen LogP contribution in [-0.4, -0.2) is 18.9 Å². The van der Waals surface area contributed by atoms with Gasteiger partial charge in [0.25, 0.3) is 0 Å². The summed E-state index contributed by atoms with van der Waals surface area (Å²) < 4.78 is 0. The van der Waals surface area contributed by atoms with Gasteiger partial charge in [-0.3, -0.25) is 0 Å². The molecule has 1 nitrogen and oxygen atoms in total. The molecule has 64 valence electrons. The molecule has 0 unspecified atom stereocenters. The van der Waals surface area contributed by atoms with Crippen molar-refractivity contribution in [3.05, 3.63) is 0 Å². The Balaban J connectivity index is 4.62. The summed E-state index contributed by atoms with van der Waals surface area (Å²) in [5, 5.41) is 9.71. The van der Waals surface area contributed by atoms with Crippen LogP contribution in [0.1, 0.15) is 20.8 Å². The molecule has 0 spiro atoms. The van der Waals surface area contributed by atoms with Crippen molar-refractivity contribution in [2.24, 2.45) is 0 Å². The highest BCUT2D eigenvalue weighted by molar-refractivity contribution is 6.81. The van der Waals surface area contributed by atoms with Crippen molar-refractivity contribution in [3.63, 3.8) is 0 Å². The predicted molar refractivity (Wildman–Crippen MR) is 52.0 cm³/mol. The SMILES string of the molecule is C#C[C@@H](O)[Si](C)(C)C(C)(C)C. The lowest BCUT2D eigenvalue weighted by molar-refractivity contribution is 0.293.